The van der Waals surface area contributed by atoms with Gasteiger partial charge in [0.25, 0.3) is 0 Å². The van der Waals surface area contributed by atoms with E-state index >= 15 is 0 Å². The molecular formula is C44H70O22. The summed E-state index contributed by atoms with van der Waals surface area (Å²) in [5, 5.41) is 137. The van der Waals surface area contributed by atoms with Gasteiger partial charge in [-0.2, -0.15) is 0 Å². The van der Waals surface area contributed by atoms with E-state index in [4.69, 9.17) is 37.9 Å². The van der Waals surface area contributed by atoms with E-state index in [1.54, 1.807) is 0 Å². The maximum absolute atomic E-state index is 14.3. The third kappa shape index (κ3) is 8.30. The number of aliphatic hydroxyl groups is 13. The molecule has 2 bridgehead atoms. The third-order valence-electron chi connectivity index (χ3n) is 17.0. The minimum Gasteiger partial charge on any atom is -0.432 e. The van der Waals surface area contributed by atoms with Crippen LogP contribution in [0.4, 0.5) is 0 Å². The smallest absolute Gasteiger partial charge is 0.314 e. The molecule has 0 radical (unpaired) electrons. The first-order chi connectivity index (χ1) is 31.1. The van der Waals surface area contributed by atoms with Gasteiger partial charge >= 0.3 is 5.97 Å². The number of carbonyl (C=O) groups excluding carboxylic acids is 1. The van der Waals surface area contributed by atoms with Crippen molar-refractivity contribution in [3.05, 3.63) is 12.2 Å². The molecule has 0 amide bonds. The molecule has 1 spiro atoms. The summed E-state index contributed by atoms with van der Waals surface area (Å²) in [5.41, 5.74) is -2.19. The van der Waals surface area contributed by atoms with Gasteiger partial charge in [-0.3, -0.25) is 4.79 Å². The van der Waals surface area contributed by atoms with Crippen molar-refractivity contribution in [3.8, 4) is 0 Å². The zero-order chi connectivity index (χ0) is 48.0. The van der Waals surface area contributed by atoms with Crippen LogP contribution in [-0.4, -0.2) is 221 Å². The minimum absolute atomic E-state index is 0.0493. The standard InChI is InChI=1S/C44H70O22/c1-17-12-43-10-6-22-41(3,8-5-9-42(22,4)40(58)65-38-33(57)30(54)26(50)20(14-46)61-38)23(43)7-11-44(17,16-43)66-39-35(64-36-31(55)28(52)24(48)18(2)59-36)34(27(51)21(15-47)62-39)63-37-32(56)29(53)25(49)19(13-45)60-37/h18-39,45-57H,1,5-16H2,2-4H3/t18-,19-,20-,21-,22-,23-,24-,25-,26-,27-,28+,29+,30+,31+,32-,33-,34+,35-,36-,37+,38-,39+,41-,42-,43-,44+/m1/s1. The fourth-order valence-electron chi connectivity index (χ4n) is 13.4. The number of aliphatic hydroxyl groups excluding tert-OH is 13. The summed E-state index contributed by atoms with van der Waals surface area (Å²) in [4.78, 5) is 14.3. The van der Waals surface area contributed by atoms with Gasteiger partial charge in [-0.05, 0) is 93.5 Å². The van der Waals surface area contributed by atoms with Gasteiger partial charge in [-0.25, -0.2) is 0 Å². The lowest BCUT2D eigenvalue weighted by Crippen LogP contribution is -2.67. The van der Waals surface area contributed by atoms with Gasteiger partial charge in [0.15, 0.2) is 18.9 Å². The molecule has 22 heteroatoms. The van der Waals surface area contributed by atoms with Crippen LogP contribution in [0.15, 0.2) is 12.2 Å². The minimum atomic E-state index is -1.92. The first-order valence-corrected chi connectivity index (χ1v) is 23.2. The Balaban J connectivity index is 1.06. The Morgan fingerprint density at radius 1 is 0.606 bits per heavy atom. The SMILES string of the molecule is C=C1C[C@@]23CC[C@@H]4[C@@](C)(CCC[C@@]4(C)C(=O)O[C@H]4O[C@H](CO)[C@@H](O)[C@H](O)[C@H]4O)[C@H]2CC[C@]1(O[C@@H]1O[C@H](CO)[C@@H](O)[C@H](O[C@@H]2O[C@H](CO)[C@@H](O)[C@H](O)[C@H]2O)[C@H]1O[C@H]1O[C@H](C)[C@@H](O)[C@H](O)[C@@H]1O)C3. The van der Waals surface area contributed by atoms with E-state index in [1.165, 1.54) is 6.92 Å². The quantitative estimate of drug-likeness (QED) is 0.0532. The highest BCUT2D eigenvalue weighted by molar-refractivity contribution is 5.77. The topological polar surface area (TPSA) is 354 Å². The van der Waals surface area contributed by atoms with Crippen LogP contribution in [0.2, 0.25) is 0 Å². The Bertz CT molecular complexity index is 1740. The molecule has 4 saturated heterocycles. The summed E-state index contributed by atoms with van der Waals surface area (Å²) in [7, 11) is 0. The van der Waals surface area contributed by atoms with Crippen molar-refractivity contribution >= 4 is 5.97 Å². The fraction of sp³-hybridized carbons (Fsp3) is 0.932. The molecule has 13 N–H and O–H groups in total. The largest absolute Gasteiger partial charge is 0.432 e. The first kappa shape index (κ1) is 50.8. The number of hydrogen-bond acceptors (Lipinski definition) is 22. The molecule has 8 rings (SSSR count). The lowest BCUT2D eigenvalue weighted by atomic mass is 9.41. The highest BCUT2D eigenvalue weighted by atomic mass is 16.8. The van der Waals surface area contributed by atoms with Crippen LogP contribution < -0.4 is 0 Å². The molecular weight excluding hydrogens is 880 g/mol. The van der Waals surface area contributed by atoms with Crippen LogP contribution in [0.3, 0.4) is 0 Å². The van der Waals surface area contributed by atoms with Gasteiger partial charge in [0.1, 0.15) is 91.6 Å². The molecule has 4 aliphatic carbocycles. The van der Waals surface area contributed by atoms with Crippen molar-refractivity contribution in [2.75, 3.05) is 19.8 Å². The summed E-state index contributed by atoms with van der Waals surface area (Å²) in [6, 6.07) is 0. The average molecular weight is 951 g/mol. The molecule has 66 heavy (non-hydrogen) atoms. The molecule has 4 saturated carbocycles. The van der Waals surface area contributed by atoms with E-state index in [-0.39, 0.29) is 17.3 Å². The fourth-order valence-corrected chi connectivity index (χ4v) is 13.4. The van der Waals surface area contributed by atoms with E-state index in [9.17, 15) is 71.2 Å². The molecule has 22 nitrogen and oxygen atoms in total. The van der Waals surface area contributed by atoms with E-state index in [1.807, 2.05) is 6.92 Å². The van der Waals surface area contributed by atoms with Gasteiger partial charge in [-0.15, -0.1) is 0 Å². The van der Waals surface area contributed by atoms with Crippen molar-refractivity contribution < 1.29 is 109 Å². The summed E-state index contributed by atoms with van der Waals surface area (Å²) in [6.07, 6.45) is -27.4. The Morgan fingerprint density at radius 2 is 1.12 bits per heavy atom. The third-order valence-corrected chi connectivity index (χ3v) is 17.0. The molecule has 0 aromatic rings. The van der Waals surface area contributed by atoms with Crippen LogP contribution >= 0.6 is 0 Å². The predicted molar refractivity (Wildman–Crippen MR) is 218 cm³/mol. The molecule has 26 atom stereocenters. The highest BCUT2D eigenvalue weighted by Crippen LogP contribution is 2.73. The molecule has 4 aliphatic heterocycles. The van der Waals surface area contributed by atoms with E-state index in [0.717, 1.165) is 12.0 Å². The second-order valence-electron chi connectivity index (χ2n) is 20.8. The summed E-state index contributed by atoms with van der Waals surface area (Å²) in [5.74, 6) is -0.750. The molecule has 8 fully saturated rings. The molecule has 378 valence electrons. The van der Waals surface area contributed by atoms with Gasteiger partial charge < -0.3 is 104 Å². The van der Waals surface area contributed by atoms with Gasteiger partial charge in [-0.1, -0.05) is 19.9 Å². The lowest BCUT2D eigenvalue weighted by Gasteiger charge is -2.64. The van der Waals surface area contributed by atoms with Crippen LogP contribution in [0, 0.1) is 28.1 Å². The molecule has 8 aliphatic rings. The van der Waals surface area contributed by atoms with E-state index < -0.39 is 165 Å². The van der Waals surface area contributed by atoms with Crippen LogP contribution in [-0.2, 0) is 42.7 Å². The summed E-state index contributed by atoms with van der Waals surface area (Å²) >= 11 is 0. The van der Waals surface area contributed by atoms with Crippen LogP contribution in [0.1, 0.15) is 78.6 Å². The average Bonchev–Trinajstić information content (AvgIpc) is 3.48. The number of hydrogen-bond donors (Lipinski definition) is 13. The molecule has 0 unspecified atom stereocenters. The Hall–Kier alpha value is -1.59. The second-order valence-corrected chi connectivity index (χ2v) is 20.8. The number of fused-ring (bicyclic) bond motifs is 3. The highest BCUT2D eigenvalue weighted by Gasteiger charge is 2.70. The van der Waals surface area contributed by atoms with E-state index in [2.05, 4.69) is 13.5 Å². The van der Waals surface area contributed by atoms with Crippen LogP contribution in [0.5, 0.6) is 0 Å². The first-order valence-electron chi connectivity index (χ1n) is 23.2. The van der Waals surface area contributed by atoms with Gasteiger partial charge in [0.2, 0.25) is 6.29 Å². The van der Waals surface area contributed by atoms with Crippen molar-refractivity contribution in [2.45, 2.75) is 207 Å². The van der Waals surface area contributed by atoms with Crippen molar-refractivity contribution in [1.82, 2.24) is 0 Å². The van der Waals surface area contributed by atoms with Crippen molar-refractivity contribution in [2.24, 2.45) is 28.1 Å². The lowest BCUT2D eigenvalue weighted by molar-refractivity contribution is -0.398. The van der Waals surface area contributed by atoms with Gasteiger partial charge in [0, 0.05) is 0 Å². The maximum atomic E-state index is 14.3. The predicted octanol–water partition coefficient (Wildman–Crippen LogP) is -4.09. The summed E-state index contributed by atoms with van der Waals surface area (Å²) in [6.45, 7) is 7.77. The number of ether oxygens (including phenoxy) is 8. The number of carbonyl (C=O) groups is 1. The Morgan fingerprint density at radius 3 is 1.74 bits per heavy atom. The second kappa shape index (κ2) is 18.9. The maximum Gasteiger partial charge on any atom is 0.314 e. The molecule has 0 aromatic carbocycles. The number of esters is 1. The Kier molecular flexibility index (Phi) is 14.5. The van der Waals surface area contributed by atoms with E-state index in [0.29, 0.717) is 51.4 Å². The molecule has 4 heterocycles. The normalized spacial score (nSPS) is 55.2. The van der Waals surface area contributed by atoms with Crippen molar-refractivity contribution in [3.63, 3.8) is 0 Å². The number of rotatable bonds is 11. The zero-order valence-electron chi connectivity index (χ0n) is 37.4. The Labute approximate surface area is 381 Å². The van der Waals surface area contributed by atoms with Gasteiger partial charge in [0.05, 0.1) is 36.9 Å². The monoisotopic (exact) mass is 950 g/mol. The summed E-state index contributed by atoms with van der Waals surface area (Å²) < 4.78 is 48.4. The van der Waals surface area contributed by atoms with Crippen molar-refractivity contribution in [1.29, 1.82) is 0 Å². The molecule has 0 aromatic heterocycles. The van der Waals surface area contributed by atoms with Crippen LogP contribution in [0.25, 0.3) is 0 Å². The zero-order valence-corrected chi connectivity index (χ0v) is 37.4.